The second kappa shape index (κ2) is 5.01. The Balaban J connectivity index is 1.89. The molecule has 3 rings (SSSR count). The van der Waals surface area contributed by atoms with Gasteiger partial charge in [-0.2, -0.15) is 0 Å². The average Bonchev–Trinajstić information content (AvgIpc) is 2.97. The van der Waals surface area contributed by atoms with Gasteiger partial charge in [0.1, 0.15) is 12.0 Å². The molecule has 0 bridgehead atoms. The van der Waals surface area contributed by atoms with Gasteiger partial charge < -0.3 is 10.2 Å². The number of nitrogens with zero attached hydrogens (tertiary/aromatic N) is 3. The zero-order chi connectivity index (χ0) is 14.3. The zero-order valence-corrected chi connectivity index (χ0v) is 11.9. The first-order valence-corrected chi connectivity index (χ1v) is 7.20. The maximum Gasteiger partial charge on any atom is 0.290 e. The van der Waals surface area contributed by atoms with Crippen molar-refractivity contribution in [1.82, 2.24) is 10.3 Å². The van der Waals surface area contributed by atoms with Gasteiger partial charge >= 0.3 is 0 Å². The molecule has 2 aliphatic heterocycles. The number of hydrogen-bond acceptors (Lipinski definition) is 5. The molecule has 1 aromatic heterocycles. The van der Waals surface area contributed by atoms with Crippen LogP contribution in [-0.4, -0.2) is 35.6 Å². The third-order valence-electron chi connectivity index (χ3n) is 4.70. The van der Waals surface area contributed by atoms with Crippen LogP contribution in [0, 0.1) is 28.9 Å². The van der Waals surface area contributed by atoms with E-state index in [-0.39, 0.29) is 10.6 Å². The van der Waals surface area contributed by atoms with Crippen molar-refractivity contribution in [3.8, 4) is 0 Å². The van der Waals surface area contributed by atoms with E-state index in [2.05, 4.69) is 22.1 Å². The predicted molar refractivity (Wildman–Crippen MR) is 76.9 cm³/mol. The largest absolute Gasteiger partial charge is 0.353 e. The molecule has 0 aliphatic carbocycles. The third-order valence-corrected chi connectivity index (χ3v) is 4.70. The van der Waals surface area contributed by atoms with Gasteiger partial charge in [-0.1, -0.05) is 6.92 Å². The first-order chi connectivity index (χ1) is 9.61. The van der Waals surface area contributed by atoms with Gasteiger partial charge in [0, 0.05) is 31.2 Å². The number of rotatable bonds is 3. The number of anilines is 1. The van der Waals surface area contributed by atoms with Crippen LogP contribution in [-0.2, 0) is 0 Å². The fourth-order valence-electron chi connectivity index (χ4n) is 3.69. The number of aromatic nitrogens is 1. The monoisotopic (exact) mass is 276 g/mol. The van der Waals surface area contributed by atoms with Gasteiger partial charge in [-0.15, -0.1) is 0 Å². The Bertz CT molecular complexity index is 534. The van der Waals surface area contributed by atoms with Crippen molar-refractivity contribution >= 4 is 11.5 Å². The van der Waals surface area contributed by atoms with Crippen molar-refractivity contribution < 1.29 is 4.92 Å². The zero-order valence-electron chi connectivity index (χ0n) is 11.9. The van der Waals surface area contributed by atoms with Crippen LogP contribution >= 0.6 is 0 Å². The molecule has 2 fully saturated rings. The molecule has 0 spiro atoms. The predicted octanol–water partition coefficient (Wildman–Crippen LogP) is 1.73. The van der Waals surface area contributed by atoms with E-state index in [4.69, 9.17) is 0 Å². The van der Waals surface area contributed by atoms with Crippen LogP contribution in [0.1, 0.15) is 18.9 Å². The quantitative estimate of drug-likeness (QED) is 0.672. The smallest absolute Gasteiger partial charge is 0.290 e. The highest BCUT2D eigenvalue weighted by atomic mass is 16.6. The summed E-state index contributed by atoms with van der Waals surface area (Å²) in [5.41, 5.74) is 0.785. The van der Waals surface area contributed by atoms with E-state index < -0.39 is 0 Å². The van der Waals surface area contributed by atoms with Gasteiger partial charge in [0.05, 0.1) is 4.92 Å². The summed E-state index contributed by atoms with van der Waals surface area (Å²) in [6.45, 7) is 7.13. The van der Waals surface area contributed by atoms with E-state index in [9.17, 15) is 10.1 Å². The number of aryl methyl sites for hydroxylation is 1. The first-order valence-electron chi connectivity index (χ1n) is 7.20. The van der Waals surface area contributed by atoms with Crippen molar-refractivity contribution in [3.05, 3.63) is 27.9 Å². The second-order valence-electron chi connectivity index (χ2n) is 5.80. The van der Waals surface area contributed by atoms with Gasteiger partial charge in [0.25, 0.3) is 5.69 Å². The Kier molecular flexibility index (Phi) is 3.33. The van der Waals surface area contributed by atoms with Gasteiger partial charge in [-0.3, -0.25) is 10.1 Å². The molecule has 3 unspecified atom stereocenters. The summed E-state index contributed by atoms with van der Waals surface area (Å²) in [6.07, 6.45) is 2.48. The minimum atomic E-state index is -0.369. The van der Waals surface area contributed by atoms with Crippen LogP contribution in [0.5, 0.6) is 0 Å². The molecule has 2 saturated heterocycles. The number of pyridine rings is 1. The van der Waals surface area contributed by atoms with Crippen LogP contribution in [0.15, 0.2) is 12.3 Å². The van der Waals surface area contributed by atoms with E-state index in [0.717, 1.165) is 31.9 Å². The Morgan fingerprint density at radius 1 is 1.55 bits per heavy atom. The van der Waals surface area contributed by atoms with Crippen LogP contribution in [0.25, 0.3) is 0 Å². The lowest BCUT2D eigenvalue weighted by molar-refractivity contribution is -0.385. The third kappa shape index (κ3) is 2.04. The molecule has 20 heavy (non-hydrogen) atoms. The summed E-state index contributed by atoms with van der Waals surface area (Å²) >= 11 is 0. The standard InChI is InChI=1S/C14H20N4O2/c1-3-12-11-6-15-5-10(11)8-17(12)14-4-9(2)13(7-16-14)18(19)20/h4,7,10-12,15H,3,5-6,8H2,1-2H3. The molecule has 1 aromatic rings. The number of hydrogen-bond donors (Lipinski definition) is 1. The highest BCUT2D eigenvalue weighted by molar-refractivity contribution is 5.50. The summed E-state index contributed by atoms with van der Waals surface area (Å²) in [5, 5.41) is 14.3. The van der Waals surface area contributed by atoms with E-state index in [1.54, 1.807) is 6.92 Å². The maximum absolute atomic E-state index is 10.9. The van der Waals surface area contributed by atoms with Crippen LogP contribution in [0.3, 0.4) is 0 Å². The molecule has 6 heteroatoms. The number of nitro groups is 1. The topological polar surface area (TPSA) is 71.3 Å². The van der Waals surface area contributed by atoms with Crippen LogP contribution < -0.4 is 10.2 Å². The van der Waals surface area contributed by atoms with Crippen molar-refractivity contribution in [2.75, 3.05) is 24.5 Å². The van der Waals surface area contributed by atoms with Gasteiger partial charge in [0.2, 0.25) is 0 Å². The normalized spacial score (nSPS) is 28.7. The molecule has 0 radical (unpaired) electrons. The summed E-state index contributed by atoms with van der Waals surface area (Å²) < 4.78 is 0. The Morgan fingerprint density at radius 3 is 3.00 bits per heavy atom. The van der Waals surface area contributed by atoms with Crippen LogP contribution in [0.2, 0.25) is 0 Å². The minimum Gasteiger partial charge on any atom is -0.353 e. The molecule has 108 valence electrons. The lowest BCUT2D eigenvalue weighted by Gasteiger charge is -2.28. The summed E-state index contributed by atoms with van der Waals surface area (Å²) in [7, 11) is 0. The molecule has 3 atom stereocenters. The van der Waals surface area contributed by atoms with E-state index in [1.165, 1.54) is 6.20 Å². The highest BCUT2D eigenvalue weighted by Gasteiger charge is 2.43. The molecule has 0 saturated carbocycles. The van der Waals surface area contributed by atoms with Gasteiger partial charge in [-0.05, 0) is 31.2 Å². The molecule has 1 N–H and O–H groups in total. The maximum atomic E-state index is 10.9. The molecule has 2 aliphatic rings. The van der Waals surface area contributed by atoms with Crippen molar-refractivity contribution in [3.63, 3.8) is 0 Å². The summed E-state index contributed by atoms with van der Waals surface area (Å²) in [4.78, 5) is 17.2. The first kappa shape index (κ1) is 13.3. The fourth-order valence-corrected chi connectivity index (χ4v) is 3.69. The van der Waals surface area contributed by atoms with Gasteiger partial charge in [-0.25, -0.2) is 4.98 Å². The van der Waals surface area contributed by atoms with E-state index in [0.29, 0.717) is 23.4 Å². The number of fused-ring (bicyclic) bond motifs is 1. The molecule has 6 nitrogen and oxygen atoms in total. The van der Waals surface area contributed by atoms with E-state index >= 15 is 0 Å². The Hall–Kier alpha value is -1.69. The fraction of sp³-hybridized carbons (Fsp3) is 0.643. The molecular formula is C14H20N4O2. The van der Waals surface area contributed by atoms with E-state index in [1.807, 2.05) is 6.07 Å². The lowest BCUT2D eigenvalue weighted by Crippen LogP contribution is -2.35. The molecule has 0 aromatic carbocycles. The average molecular weight is 276 g/mol. The van der Waals surface area contributed by atoms with Crippen LogP contribution in [0.4, 0.5) is 11.5 Å². The number of nitrogens with one attached hydrogen (secondary N) is 1. The SMILES string of the molecule is CCC1C2CNCC2CN1c1cc(C)c([N+](=O)[O-])cn1. The summed E-state index contributed by atoms with van der Waals surface area (Å²) in [5.74, 6) is 2.24. The Morgan fingerprint density at radius 2 is 2.35 bits per heavy atom. The minimum absolute atomic E-state index is 0.0999. The molecule has 3 heterocycles. The molecular weight excluding hydrogens is 256 g/mol. The van der Waals surface area contributed by atoms with Gasteiger partial charge in [0.15, 0.2) is 0 Å². The van der Waals surface area contributed by atoms with Crippen molar-refractivity contribution in [2.45, 2.75) is 26.3 Å². The van der Waals surface area contributed by atoms with Crippen molar-refractivity contribution in [2.24, 2.45) is 11.8 Å². The molecule has 0 amide bonds. The lowest BCUT2D eigenvalue weighted by atomic mass is 9.93. The Labute approximate surface area is 118 Å². The van der Waals surface area contributed by atoms with Crippen molar-refractivity contribution in [1.29, 1.82) is 0 Å². The second-order valence-corrected chi connectivity index (χ2v) is 5.80. The highest BCUT2D eigenvalue weighted by Crippen LogP contribution is 2.37. The summed E-state index contributed by atoms with van der Waals surface area (Å²) in [6, 6.07) is 2.35.